The van der Waals surface area contributed by atoms with E-state index < -0.39 is 0 Å². The van der Waals surface area contributed by atoms with E-state index in [4.69, 9.17) is 9.47 Å². The van der Waals surface area contributed by atoms with Gasteiger partial charge in [0.25, 0.3) is 0 Å². The zero-order valence-corrected chi connectivity index (χ0v) is 18.9. The number of hydrogen-bond donors (Lipinski definition) is 2. The van der Waals surface area contributed by atoms with Crippen LogP contribution in [0.1, 0.15) is 31.4 Å². The molecule has 168 valence electrons. The van der Waals surface area contributed by atoms with Crippen molar-refractivity contribution in [1.82, 2.24) is 25.1 Å². The second kappa shape index (κ2) is 8.15. The Morgan fingerprint density at radius 1 is 1.21 bits per heavy atom. The van der Waals surface area contributed by atoms with Crippen molar-refractivity contribution < 1.29 is 14.3 Å². The van der Waals surface area contributed by atoms with E-state index in [9.17, 15) is 4.79 Å². The normalized spacial score (nSPS) is 15.7. The lowest BCUT2D eigenvalue weighted by Gasteiger charge is -2.13. The van der Waals surface area contributed by atoms with Crippen LogP contribution in [0.15, 0.2) is 53.8 Å². The molecule has 1 amide bonds. The second-order valence-electron chi connectivity index (χ2n) is 8.32. The quantitative estimate of drug-likeness (QED) is 0.399. The lowest BCUT2D eigenvalue weighted by molar-refractivity contribution is -0.120. The first kappa shape index (κ1) is 20.2. The highest BCUT2D eigenvalue weighted by molar-refractivity contribution is 8.00. The van der Waals surface area contributed by atoms with Gasteiger partial charge in [-0.25, -0.2) is 0 Å². The number of para-hydroxylation sites is 1. The molecule has 1 fully saturated rings. The molecule has 1 atom stereocenters. The molecule has 33 heavy (non-hydrogen) atoms. The van der Waals surface area contributed by atoms with Crippen LogP contribution in [-0.2, 0) is 11.3 Å². The zero-order chi connectivity index (χ0) is 22.4. The Bertz CT molecular complexity index is 1340. The largest absolute Gasteiger partial charge is 0.454 e. The molecule has 0 bridgehead atoms. The number of H-pyrrole nitrogens is 1. The molecule has 2 aromatic carbocycles. The number of rotatable bonds is 7. The Hall–Kier alpha value is -3.46. The molecule has 0 saturated heterocycles. The van der Waals surface area contributed by atoms with Crippen LogP contribution in [0.2, 0.25) is 0 Å². The molecule has 2 aliphatic rings. The molecular weight excluding hydrogens is 438 g/mol. The monoisotopic (exact) mass is 461 g/mol. The minimum absolute atomic E-state index is 0.0448. The van der Waals surface area contributed by atoms with Gasteiger partial charge in [-0.3, -0.25) is 9.36 Å². The van der Waals surface area contributed by atoms with E-state index in [2.05, 4.69) is 37.2 Å². The van der Waals surface area contributed by atoms with Gasteiger partial charge in [0.05, 0.1) is 5.25 Å². The van der Waals surface area contributed by atoms with Gasteiger partial charge < -0.3 is 19.8 Å². The van der Waals surface area contributed by atoms with Crippen LogP contribution < -0.4 is 14.8 Å². The maximum atomic E-state index is 12.8. The average Bonchev–Trinajstić information content (AvgIpc) is 3.22. The average molecular weight is 462 g/mol. The number of thioether (sulfide) groups is 1. The Morgan fingerprint density at radius 3 is 2.94 bits per heavy atom. The van der Waals surface area contributed by atoms with E-state index in [0.717, 1.165) is 51.6 Å². The Kier molecular flexibility index (Phi) is 4.98. The molecule has 8 nitrogen and oxygen atoms in total. The summed E-state index contributed by atoms with van der Waals surface area (Å²) in [6.07, 6.45) is 4.20. The first-order chi connectivity index (χ1) is 16.2. The first-order valence-corrected chi connectivity index (χ1v) is 11.9. The van der Waals surface area contributed by atoms with E-state index in [-0.39, 0.29) is 18.0 Å². The van der Waals surface area contributed by atoms with Crippen molar-refractivity contribution in [2.24, 2.45) is 0 Å². The minimum Gasteiger partial charge on any atom is -0.454 e. The number of fused-ring (bicyclic) bond motifs is 2. The van der Waals surface area contributed by atoms with Crippen LogP contribution in [-0.4, -0.2) is 37.7 Å². The predicted octanol–water partition coefficient (Wildman–Crippen LogP) is 4.29. The molecule has 6 rings (SSSR count). The van der Waals surface area contributed by atoms with Crippen LogP contribution in [0.3, 0.4) is 0 Å². The maximum absolute atomic E-state index is 12.8. The Balaban J connectivity index is 1.18. The van der Waals surface area contributed by atoms with Crippen molar-refractivity contribution in [1.29, 1.82) is 0 Å². The summed E-state index contributed by atoms with van der Waals surface area (Å²) in [6, 6.07) is 14.3. The lowest BCUT2D eigenvalue weighted by atomic mass is 10.1. The van der Waals surface area contributed by atoms with Crippen LogP contribution in [0.25, 0.3) is 22.3 Å². The molecule has 0 spiro atoms. The Labute approximate surface area is 194 Å². The third kappa shape index (κ3) is 3.82. The van der Waals surface area contributed by atoms with Gasteiger partial charge in [0, 0.05) is 35.2 Å². The van der Waals surface area contributed by atoms with E-state index >= 15 is 0 Å². The smallest absolute Gasteiger partial charge is 0.233 e. The third-order valence-electron chi connectivity index (χ3n) is 5.96. The molecule has 2 aromatic heterocycles. The van der Waals surface area contributed by atoms with Crippen molar-refractivity contribution in [3.05, 3.63) is 54.2 Å². The number of carbonyl (C=O) groups excluding carboxylic acids is 1. The molecule has 1 aliphatic heterocycles. The fraction of sp³-hybridized carbons (Fsp3) is 0.292. The number of aromatic nitrogens is 4. The molecular formula is C24H23N5O3S. The number of amides is 1. The first-order valence-electron chi connectivity index (χ1n) is 11.0. The van der Waals surface area contributed by atoms with Crippen molar-refractivity contribution in [3.8, 4) is 22.9 Å². The number of ether oxygens (including phenoxy) is 2. The summed E-state index contributed by atoms with van der Waals surface area (Å²) in [4.78, 5) is 16.1. The molecule has 0 unspecified atom stereocenters. The van der Waals surface area contributed by atoms with E-state index in [1.165, 1.54) is 11.8 Å². The SMILES string of the molecule is C[C@H](Sc1nnc(-c2c[nH]c3ccccc23)n1C1CC1)C(=O)NCc1ccc2c(c1)OCO2. The van der Waals surface area contributed by atoms with Crippen molar-refractivity contribution in [2.45, 2.75) is 42.8 Å². The van der Waals surface area contributed by atoms with E-state index in [1.807, 2.05) is 43.5 Å². The molecule has 1 saturated carbocycles. The van der Waals surface area contributed by atoms with Gasteiger partial charge in [-0.1, -0.05) is 36.0 Å². The highest BCUT2D eigenvalue weighted by Crippen LogP contribution is 2.42. The van der Waals surface area contributed by atoms with Crippen LogP contribution >= 0.6 is 11.8 Å². The summed E-state index contributed by atoms with van der Waals surface area (Å²) in [6.45, 7) is 2.56. The number of aromatic amines is 1. The summed E-state index contributed by atoms with van der Waals surface area (Å²) in [5.74, 6) is 2.26. The molecule has 3 heterocycles. The topological polar surface area (TPSA) is 94.1 Å². The van der Waals surface area contributed by atoms with Crippen LogP contribution in [0.4, 0.5) is 0 Å². The van der Waals surface area contributed by atoms with Crippen molar-refractivity contribution >= 4 is 28.6 Å². The Morgan fingerprint density at radius 2 is 2.06 bits per heavy atom. The van der Waals surface area contributed by atoms with Gasteiger partial charge >= 0.3 is 0 Å². The summed E-state index contributed by atoms with van der Waals surface area (Å²) < 4.78 is 13.0. The lowest BCUT2D eigenvalue weighted by Crippen LogP contribution is -2.30. The molecule has 1 aliphatic carbocycles. The van der Waals surface area contributed by atoms with Crippen LogP contribution in [0, 0.1) is 0 Å². The molecule has 9 heteroatoms. The van der Waals surface area contributed by atoms with E-state index in [1.54, 1.807) is 0 Å². The molecule has 4 aromatic rings. The fourth-order valence-electron chi connectivity index (χ4n) is 4.05. The third-order valence-corrected chi connectivity index (χ3v) is 7.02. The van der Waals surface area contributed by atoms with Gasteiger partial charge in [0.15, 0.2) is 22.5 Å². The predicted molar refractivity (Wildman–Crippen MR) is 125 cm³/mol. The number of nitrogens with zero attached hydrogens (tertiary/aromatic N) is 3. The van der Waals surface area contributed by atoms with Crippen molar-refractivity contribution in [3.63, 3.8) is 0 Å². The summed E-state index contributed by atoms with van der Waals surface area (Å²) >= 11 is 1.45. The van der Waals surface area contributed by atoms with Gasteiger partial charge in [-0.05, 0) is 43.5 Å². The fourth-order valence-corrected chi connectivity index (χ4v) is 5.00. The van der Waals surface area contributed by atoms with Gasteiger partial charge in [0.2, 0.25) is 12.7 Å². The minimum atomic E-state index is -0.309. The zero-order valence-electron chi connectivity index (χ0n) is 18.1. The summed E-state index contributed by atoms with van der Waals surface area (Å²) in [5, 5.41) is 13.6. The maximum Gasteiger partial charge on any atom is 0.233 e. The van der Waals surface area contributed by atoms with Crippen molar-refractivity contribution in [2.75, 3.05) is 6.79 Å². The van der Waals surface area contributed by atoms with E-state index in [0.29, 0.717) is 18.3 Å². The standard InChI is InChI=1S/C24H23N5O3S/c1-14(23(30)26-11-15-6-9-20-21(10-15)32-13-31-20)33-24-28-27-22(29(24)16-7-8-16)18-12-25-19-5-3-2-4-17(18)19/h2-6,9-10,12,14,16,25H,7-8,11,13H2,1H3,(H,26,30)/t14-/m0/s1. The van der Waals surface area contributed by atoms with Gasteiger partial charge in [-0.2, -0.15) is 0 Å². The van der Waals surface area contributed by atoms with Gasteiger partial charge in [-0.15, -0.1) is 10.2 Å². The number of benzene rings is 2. The number of nitrogens with one attached hydrogen (secondary N) is 2. The highest BCUT2D eigenvalue weighted by Gasteiger charge is 2.32. The number of hydrogen-bond acceptors (Lipinski definition) is 6. The van der Waals surface area contributed by atoms with Crippen LogP contribution in [0.5, 0.6) is 11.5 Å². The summed E-state index contributed by atoms with van der Waals surface area (Å²) in [7, 11) is 0. The highest BCUT2D eigenvalue weighted by atomic mass is 32.2. The molecule has 0 radical (unpaired) electrons. The molecule has 2 N–H and O–H groups in total. The second-order valence-corrected chi connectivity index (χ2v) is 9.63. The summed E-state index contributed by atoms with van der Waals surface area (Å²) in [5.41, 5.74) is 3.08. The number of carbonyl (C=O) groups is 1. The van der Waals surface area contributed by atoms with Gasteiger partial charge in [0.1, 0.15) is 0 Å².